The summed E-state index contributed by atoms with van der Waals surface area (Å²) in [6.45, 7) is 3.89. The van der Waals surface area contributed by atoms with Gasteiger partial charge in [0, 0.05) is 44.6 Å². The highest BCUT2D eigenvalue weighted by molar-refractivity contribution is 5.98. The fraction of sp³-hybridized carbons (Fsp3) is 0.500. The second kappa shape index (κ2) is 8.09. The van der Waals surface area contributed by atoms with E-state index in [0.717, 1.165) is 31.9 Å². The largest absolute Gasteiger partial charge is 0.380 e. The first-order valence-corrected chi connectivity index (χ1v) is 7.84. The molecule has 24 heavy (non-hydrogen) atoms. The highest BCUT2D eigenvalue weighted by atomic mass is 16.3. The Morgan fingerprint density at radius 1 is 1.00 bits per heavy atom. The fourth-order valence-corrected chi connectivity index (χ4v) is 2.47. The molecule has 0 bridgehead atoms. The summed E-state index contributed by atoms with van der Waals surface area (Å²) in [4.78, 5) is 27.7. The Labute approximate surface area is 141 Å². The summed E-state index contributed by atoms with van der Waals surface area (Å²) in [5.74, 6) is -1.65. The van der Waals surface area contributed by atoms with Crippen LogP contribution in [0.3, 0.4) is 0 Å². The second-order valence-electron chi connectivity index (χ2n) is 5.83. The van der Waals surface area contributed by atoms with Gasteiger partial charge in [-0.25, -0.2) is 0 Å². The molecule has 1 aromatic rings. The van der Waals surface area contributed by atoms with Crippen molar-refractivity contribution in [3.8, 4) is 0 Å². The van der Waals surface area contributed by atoms with Crippen molar-refractivity contribution in [2.24, 2.45) is 0 Å². The molecule has 4 N–H and O–H groups in total. The van der Waals surface area contributed by atoms with Gasteiger partial charge < -0.3 is 30.6 Å². The van der Waals surface area contributed by atoms with Crippen molar-refractivity contribution in [2.75, 3.05) is 50.5 Å². The van der Waals surface area contributed by atoms with Crippen LogP contribution in [-0.4, -0.2) is 79.4 Å². The van der Waals surface area contributed by atoms with Crippen LogP contribution in [0, 0.1) is 0 Å². The van der Waals surface area contributed by atoms with Crippen molar-refractivity contribution in [1.82, 2.24) is 10.2 Å². The van der Waals surface area contributed by atoms with E-state index in [9.17, 15) is 19.8 Å². The fourth-order valence-electron chi connectivity index (χ4n) is 2.47. The number of aliphatic hydroxyl groups is 2. The monoisotopic (exact) mass is 336 g/mol. The molecule has 0 aliphatic carbocycles. The molecular weight excluding hydrogens is 312 g/mol. The van der Waals surface area contributed by atoms with Crippen LogP contribution in [0.4, 0.5) is 11.4 Å². The number of amides is 2. The molecule has 0 aromatic heterocycles. The highest BCUT2D eigenvalue weighted by Gasteiger charge is 2.29. The molecule has 2 amide bonds. The van der Waals surface area contributed by atoms with E-state index in [2.05, 4.69) is 27.5 Å². The molecule has 0 spiro atoms. The molecule has 8 nitrogen and oxygen atoms in total. The van der Waals surface area contributed by atoms with Gasteiger partial charge in [0.1, 0.15) is 0 Å². The molecule has 2 atom stereocenters. The Morgan fingerprint density at radius 2 is 1.54 bits per heavy atom. The summed E-state index contributed by atoms with van der Waals surface area (Å²) >= 11 is 0. The molecule has 0 radical (unpaired) electrons. The van der Waals surface area contributed by atoms with E-state index in [-0.39, 0.29) is 0 Å². The van der Waals surface area contributed by atoms with Crippen LogP contribution in [0.15, 0.2) is 24.3 Å². The molecule has 1 heterocycles. The molecular formula is C16H24N4O4. The standard InChI is InChI=1S/C16H24N4O4/c1-17-15(23)13(21)14(22)16(24)18-11-3-5-12(6-4-11)20-9-7-19(2)8-10-20/h3-6,13-14,21-22H,7-10H2,1-2H3,(H,17,23)(H,18,24)/t13-,14-/m1/s1. The maximum atomic E-state index is 11.9. The number of hydrogen-bond donors (Lipinski definition) is 4. The quantitative estimate of drug-likeness (QED) is 0.541. The lowest BCUT2D eigenvalue weighted by atomic mass is 10.1. The Balaban J connectivity index is 1.93. The van der Waals surface area contributed by atoms with Gasteiger partial charge in [0.05, 0.1) is 0 Å². The van der Waals surface area contributed by atoms with Crippen molar-refractivity contribution in [3.05, 3.63) is 24.3 Å². The molecule has 0 unspecified atom stereocenters. The molecule has 1 aliphatic rings. The van der Waals surface area contributed by atoms with E-state index >= 15 is 0 Å². The van der Waals surface area contributed by atoms with Crippen LogP contribution >= 0.6 is 0 Å². The Bertz CT molecular complexity index is 570. The summed E-state index contributed by atoms with van der Waals surface area (Å²) in [5, 5.41) is 23.9. The molecule has 0 saturated carbocycles. The van der Waals surface area contributed by atoms with E-state index in [4.69, 9.17) is 0 Å². The summed E-state index contributed by atoms with van der Waals surface area (Å²) in [6, 6.07) is 7.24. The summed E-state index contributed by atoms with van der Waals surface area (Å²) in [6.07, 6.45) is -3.64. The van der Waals surface area contributed by atoms with Crippen LogP contribution < -0.4 is 15.5 Å². The predicted molar refractivity (Wildman–Crippen MR) is 90.9 cm³/mol. The summed E-state index contributed by atoms with van der Waals surface area (Å²) in [7, 11) is 3.40. The third-order valence-corrected chi connectivity index (χ3v) is 4.09. The van der Waals surface area contributed by atoms with Crippen molar-refractivity contribution in [1.29, 1.82) is 0 Å². The minimum atomic E-state index is -1.83. The Kier molecular flexibility index (Phi) is 6.13. The molecule has 1 aliphatic heterocycles. The van der Waals surface area contributed by atoms with E-state index in [0.29, 0.717) is 5.69 Å². The zero-order valence-corrected chi connectivity index (χ0v) is 13.9. The number of nitrogens with one attached hydrogen (secondary N) is 2. The van der Waals surface area contributed by atoms with Crippen molar-refractivity contribution in [2.45, 2.75) is 12.2 Å². The molecule has 1 fully saturated rings. The second-order valence-corrected chi connectivity index (χ2v) is 5.83. The summed E-state index contributed by atoms with van der Waals surface area (Å²) in [5.41, 5.74) is 1.55. The van der Waals surface area contributed by atoms with Gasteiger partial charge in [0.15, 0.2) is 12.2 Å². The van der Waals surface area contributed by atoms with Gasteiger partial charge in [-0.05, 0) is 31.3 Å². The topological polar surface area (TPSA) is 105 Å². The third kappa shape index (κ3) is 4.44. The van der Waals surface area contributed by atoms with E-state index in [1.54, 1.807) is 12.1 Å². The van der Waals surface area contributed by atoms with Crippen LogP contribution in [-0.2, 0) is 9.59 Å². The zero-order chi connectivity index (χ0) is 17.7. The average Bonchev–Trinajstić information content (AvgIpc) is 2.61. The summed E-state index contributed by atoms with van der Waals surface area (Å²) < 4.78 is 0. The minimum Gasteiger partial charge on any atom is -0.380 e. The number of anilines is 2. The van der Waals surface area contributed by atoms with Crippen LogP contribution in [0.25, 0.3) is 0 Å². The molecule has 2 rings (SSSR count). The minimum absolute atomic E-state index is 0.487. The van der Waals surface area contributed by atoms with E-state index < -0.39 is 24.0 Å². The van der Waals surface area contributed by atoms with Crippen molar-refractivity contribution < 1.29 is 19.8 Å². The third-order valence-electron chi connectivity index (χ3n) is 4.09. The first-order chi connectivity index (χ1) is 11.4. The Morgan fingerprint density at radius 3 is 2.08 bits per heavy atom. The first-order valence-electron chi connectivity index (χ1n) is 7.84. The van der Waals surface area contributed by atoms with Crippen LogP contribution in [0.1, 0.15) is 0 Å². The number of piperazine rings is 1. The number of carbonyl (C=O) groups excluding carboxylic acids is 2. The van der Waals surface area contributed by atoms with Gasteiger partial charge in [0.25, 0.3) is 11.8 Å². The van der Waals surface area contributed by atoms with Gasteiger partial charge >= 0.3 is 0 Å². The van der Waals surface area contributed by atoms with Crippen LogP contribution in [0.2, 0.25) is 0 Å². The van der Waals surface area contributed by atoms with Crippen molar-refractivity contribution >= 4 is 23.2 Å². The smallest absolute Gasteiger partial charge is 0.256 e. The van der Waals surface area contributed by atoms with Crippen molar-refractivity contribution in [3.63, 3.8) is 0 Å². The number of aliphatic hydroxyl groups excluding tert-OH is 2. The van der Waals surface area contributed by atoms with E-state index in [1.165, 1.54) is 7.05 Å². The zero-order valence-electron chi connectivity index (χ0n) is 13.9. The lowest BCUT2D eigenvalue weighted by Gasteiger charge is -2.34. The van der Waals surface area contributed by atoms with Gasteiger partial charge in [-0.15, -0.1) is 0 Å². The number of rotatable bonds is 5. The SMILES string of the molecule is CNC(=O)[C@H](O)[C@@H](O)C(=O)Nc1ccc(N2CCN(C)CC2)cc1. The molecule has 1 aromatic carbocycles. The van der Waals surface area contributed by atoms with Gasteiger partial charge in [-0.1, -0.05) is 0 Å². The van der Waals surface area contributed by atoms with Gasteiger partial charge in [0.2, 0.25) is 0 Å². The van der Waals surface area contributed by atoms with E-state index in [1.807, 2.05) is 12.1 Å². The van der Waals surface area contributed by atoms with Gasteiger partial charge in [-0.3, -0.25) is 9.59 Å². The molecule has 132 valence electrons. The molecule has 8 heteroatoms. The number of carbonyl (C=O) groups is 2. The Hall–Kier alpha value is -2.16. The average molecular weight is 336 g/mol. The first kappa shape index (κ1) is 18.2. The molecule has 1 saturated heterocycles. The predicted octanol–water partition coefficient (Wildman–Crippen LogP) is -1.16. The number of hydrogen-bond acceptors (Lipinski definition) is 6. The van der Waals surface area contributed by atoms with Gasteiger partial charge in [-0.2, -0.15) is 0 Å². The lowest BCUT2D eigenvalue weighted by molar-refractivity contribution is -0.142. The lowest BCUT2D eigenvalue weighted by Crippen LogP contribution is -2.46. The maximum absolute atomic E-state index is 11.9. The number of benzene rings is 1. The number of likely N-dealkylation sites (N-methyl/N-ethyl adjacent to an activating group) is 2. The number of nitrogens with zero attached hydrogens (tertiary/aromatic N) is 2. The van der Waals surface area contributed by atoms with Crippen LogP contribution in [0.5, 0.6) is 0 Å². The normalized spacial score (nSPS) is 17.9. The maximum Gasteiger partial charge on any atom is 0.256 e. The highest BCUT2D eigenvalue weighted by Crippen LogP contribution is 2.19.